The average molecular weight is 352 g/mol. The van der Waals surface area contributed by atoms with Crippen LogP contribution in [0.15, 0.2) is 29.8 Å². The lowest BCUT2D eigenvalue weighted by molar-refractivity contribution is -0.120. The van der Waals surface area contributed by atoms with E-state index in [0.717, 1.165) is 37.8 Å². The number of phenols is 1. The van der Waals surface area contributed by atoms with Crippen molar-refractivity contribution in [2.45, 2.75) is 44.2 Å². The maximum Gasteiger partial charge on any atom is 0.224 e. The van der Waals surface area contributed by atoms with Crippen LogP contribution in [0.25, 0.3) is 0 Å². The first-order valence-corrected chi connectivity index (χ1v) is 9.51. The summed E-state index contributed by atoms with van der Waals surface area (Å²) in [6.07, 6.45) is 5.11. The minimum absolute atomic E-state index is 0.0954. The summed E-state index contributed by atoms with van der Waals surface area (Å²) >= 11 is 0. The Morgan fingerprint density at radius 3 is 2.88 bits per heavy atom. The molecule has 1 aliphatic carbocycles. The van der Waals surface area contributed by atoms with Gasteiger partial charge in [-0.05, 0) is 43.9 Å². The van der Waals surface area contributed by atoms with Gasteiger partial charge in [0, 0.05) is 30.8 Å². The van der Waals surface area contributed by atoms with Crippen molar-refractivity contribution in [2.24, 2.45) is 11.8 Å². The maximum absolute atomic E-state index is 12.7. The van der Waals surface area contributed by atoms with E-state index >= 15 is 0 Å². The highest BCUT2D eigenvalue weighted by Crippen LogP contribution is 2.64. The maximum atomic E-state index is 12.7. The summed E-state index contributed by atoms with van der Waals surface area (Å²) in [6.45, 7) is 5.48. The molecule has 0 unspecified atom stereocenters. The van der Waals surface area contributed by atoms with E-state index in [9.17, 15) is 14.7 Å². The highest BCUT2D eigenvalue weighted by atomic mass is 16.3. The molecule has 3 heterocycles. The molecule has 1 amide bonds. The van der Waals surface area contributed by atoms with Crippen LogP contribution in [0.2, 0.25) is 0 Å². The summed E-state index contributed by atoms with van der Waals surface area (Å²) in [6, 6.07) is 5.69. The van der Waals surface area contributed by atoms with Crippen LogP contribution in [0.4, 0.5) is 5.69 Å². The minimum Gasteiger partial charge on any atom is -0.506 e. The second-order valence-electron chi connectivity index (χ2n) is 8.20. The van der Waals surface area contributed by atoms with Gasteiger partial charge in [-0.2, -0.15) is 0 Å². The first kappa shape index (κ1) is 16.1. The molecule has 5 rings (SSSR count). The third kappa shape index (κ3) is 1.65. The van der Waals surface area contributed by atoms with Gasteiger partial charge >= 0.3 is 0 Å². The monoisotopic (exact) mass is 352 g/mol. The van der Waals surface area contributed by atoms with Crippen LogP contribution >= 0.6 is 0 Å². The molecule has 0 radical (unpaired) electrons. The number of hydrogen-bond donors (Lipinski definition) is 1. The molecule has 2 bridgehead atoms. The van der Waals surface area contributed by atoms with Crippen molar-refractivity contribution in [1.82, 2.24) is 4.90 Å². The van der Waals surface area contributed by atoms with Gasteiger partial charge in [0.1, 0.15) is 12.0 Å². The van der Waals surface area contributed by atoms with Crippen molar-refractivity contribution in [3.8, 4) is 5.75 Å². The normalized spacial score (nSPS) is 39.0. The Morgan fingerprint density at radius 1 is 1.38 bits per heavy atom. The average Bonchev–Trinajstić information content (AvgIpc) is 3.17. The van der Waals surface area contributed by atoms with Gasteiger partial charge in [0.25, 0.3) is 0 Å². The van der Waals surface area contributed by atoms with Crippen LogP contribution in [0.5, 0.6) is 5.75 Å². The van der Waals surface area contributed by atoms with Crippen molar-refractivity contribution >= 4 is 17.9 Å². The summed E-state index contributed by atoms with van der Waals surface area (Å²) < 4.78 is 0. The predicted molar refractivity (Wildman–Crippen MR) is 98.1 cm³/mol. The topological polar surface area (TPSA) is 60.9 Å². The molecule has 136 valence electrons. The van der Waals surface area contributed by atoms with E-state index in [4.69, 9.17) is 0 Å². The van der Waals surface area contributed by atoms with E-state index in [1.165, 1.54) is 5.57 Å². The first-order chi connectivity index (χ1) is 12.5. The molecule has 5 heteroatoms. The van der Waals surface area contributed by atoms with Gasteiger partial charge in [0.05, 0.1) is 11.7 Å². The fraction of sp³-hybridized carbons (Fsp3) is 0.524. The lowest BCUT2D eigenvalue weighted by atomic mass is 9.55. The van der Waals surface area contributed by atoms with Gasteiger partial charge in [-0.25, -0.2) is 0 Å². The largest absolute Gasteiger partial charge is 0.506 e. The van der Waals surface area contributed by atoms with Crippen molar-refractivity contribution in [3.05, 3.63) is 35.4 Å². The smallest absolute Gasteiger partial charge is 0.224 e. The molecule has 5 atom stereocenters. The summed E-state index contributed by atoms with van der Waals surface area (Å²) in [5.41, 5.74) is 2.76. The second kappa shape index (κ2) is 5.19. The Bertz CT molecular complexity index is 848. The number of rotatable bonds is 1. The number of allylic oxidation sites excluding steroid dienone is 1. The third-order valence-electron chi connectivity index (χ3n) is 7.45. The van der Waals surface area contributed by atoms with Gasteiger partial charge in [0.15, 0.2) is 0 Å². The van der Waals surface area contributed by atoms with Gasteiger partial charge in [-0.3, -0.25) is 9.69 Å². The van der Waals surface area contributed by atoms with Gasteiger partial charge in [-0.15, -0.1) is 0 Å². The number of piperidine rings is 1. The van der Waals surface area contributed by atoms with E-state index in [1.54, 1.807) is 17.9 Å². The van der Waals surface area contributed by atoms with Gasteiger partial charge in [0.2, 0.25) is 5.91 Å². The molecular weight excluding hydrogens is 328 g/mol. The van der Waals surface area contributed by atoms with Crippen LogP contribution in [0, 0.1) is 11.8 Å². The van der Waals surface area contributed by atoms with Crippen molar-refractivity contribution in [3.63, 3.8) is 0 Å². The molecule has 1 aromatic rings. The number of carbonyl (C=O) groups excluding carboxylic acids is 2. The number of anilines is 1. The summed E-state index contributed by atoms with van der Waals surface area (Å²) in [5, 5.41) is 10.6. The number of aromatic hydroxyl groups is 1. The van der Waals surface area contributed by atoms with E-state index in [1.807, 2.05) is 13.0 Å². The molecule has 4 aliphatic rings. The molecule has 2 saturated heterocycles. The molecule has 1 saturated carbocycles. The number of hydrogen-bond acceptors (Lipinski definition) is 4. The number of para-hydroxylation sites is 1. The Morgan fingerprint density at radius 2 is 2.19 bits per heavy atom. The molecule has 1 spiro atoms. The summed E-state index contributed by atoms with van der Waals surface area (Å²) in [7, 11) is 0. The zero-order valence-corrected chi connectivity index (χ0v) is 15.2. The number of carbonyl (C=O) groups is 2. The number of aldehydes is 1. The Kier molecular flexibility index (Phi) is 3.21. The SMILES string of the molecule is C/C=C1/CN2CC[C@]34c5cccc(O)c5N(C(C)=O)[C@H]3[C@@H](C=O)[C@H]1C[C@H]24. The zero-order valence-electron chi connectivity index (χ0n) is 15.2. The molecule has 5 nitrogen and oxygen atoms in total. The van der Waals surface area contributed by atoms with Crippen LogP contribution < -0.4 is 4.90 Å². The van der Waals surface area contributed by atoms with Crippen molar-refractivity contribution < 1.29 is 14.7 Å². The fourth-order valence-corrected chi connectivity index (χ4v) is 6.59. The Labute approximate surface area is 153 Å². The minimum atomic E-state index is -0.249. The number of phenolic OH excluding ortho intramolecular Hbond substituents is 1. The van der Waals surface area contributed by atoms with E-state index < -0.39 is 0 Å². The predicted octanol–water partition coefficient (Wildman–Crippen LogP) is 2.23. The number of amides is 1. The standard InChI is InChI=1S/C21H24N2O3/c1-3-13-10-22-8-7-21-16-5-4-6-17(26)19(16)23(12(2)25)20(21)15(11-24)14(13)9-18(21)22/h3-6,11,14-15,18,20,26H,7-10H2,1-2H3/b13-3-/t14-,15-,18-,20-,21+/m0/s1. The van der Waals surface area contributed by atoms with Crippen LogP contribution in [-0.4, -0.2) is 47.4 Å². The Hall–Kier alpha value is -2.14. The highest BCUT2D eigenvalue weighted by molar-refractivity contribution is 5.98. The number of nitrogens with zero attached hydrogens (tertiary/aromatic N) is 2. The van der Waals surface area contributed by atoms with Crippen molar-refractivity contribution in [1.29, 1.82) is 0 Å². The molecule has 1 N–H and O–H groups in total. The molecule has 26 heavy (non-hydrogen) atoms. The molecule has 3 fully saturated rings. The lowest BCUT2D eigenvalue weighted by Gasteiger charge is -2.54. The van der Waals surface area contributed by atoms with Gasteiger partial charge in [-0.1, -0.05) is 23.8 Å². The molecule has 3 aliphatic heterocycles. The quantitative estimate of drug-likeness (QED) is 0.622. The highest BCUT2D eigenvalue weighted by Gasteiger charge is 2.68. The van der Waals surface area contributed by atoms with Gasteiger partial charge < -0.3 is 14.8 Å². The van der Waals surface area contributed by atoms with Crippen molar-refractivity contribution in [2.75, 3.05) is 18.0 Å². The Balaban J connectivity index is 1.81. The first-order valence-electron chi connectivity index (χ1n) is 9.51. The second-order valence-corrected chi connectivity index (χ2v) is 8.20. The third-order valence-corrected chi connectivity index (χ3v) is 7.45. The van der Waals surface area contributed by atoms with E-state index in [2.05, 4.69) is 17.0 Å². The fourth-order valence-electron chi connectivity index (χ4n) is 6.59. The molecule has 1 aromatic carbocycles. The summed E-state index contributed by atoms with van der Waals surface area (Å²) in [5.74, 6) is 0.00832. The molecular formula is C21H24N2O3. The van der Waals surface area contributed by atoms with E-state index in [-0.39, 0.29) is 34.9 Å². The number of fused-ring (bicyclic) bond motifs is 2. The zero-order chi connectivity index (χ0) is 18.2. The lowest BCUT2D eigenvalue weighted by Crippen LogP contribution is -2.65. The van der Waals surface area contributed by atoms with E-state index in [0.29, 0.717) is 11.7 Å². The molecule has 0 aromatic heterocycles. The van der Waals surface area contributed by atoms with Crippen LogP contribution in [-0.2, 0) is 15.0 Å². The summed E-state index contributed by atoms with van der Waals surface area (Å²) in [4.78, 5) is 29.3. The number of benzene rings is 1. The van der Waals surface area contributed by atoms with Crippen LogP contribution in [0.3, 0.4) is 0 Å². The van der Waals surface area contributed by atoms with Crippen LogP contribution in [0.1, 0.15) is 32.3 Å².